The molecule has 0 aliphatic carbocycles. The van der Waals surface area contributed by atoms with Crippen LogP contribution in [0, 0.1) is 28.1 Å². The number of anilines is 1. The van der Waals surface area contributed by atoms with Gasteiger partial charge in [-0.05, 0) is 29.3 Å². The van der Waals surface area contributed by atoms with Crippen LogP contribution in [0.4, 0.5) is 5.69 Å². The van der Waals surface area contributed by atoms with Crippen molar-refractivity contribution in [1.29, 1.82) is 10.5 Å². The van der Waals surface area contributed by atoms with Crippen molar-refractivity contribution in [2.24, 2.45) is 5.41 Å². The summed E-state index contributed by atoms with van der Waals surface area (Å²) < 4.78 is 0. The van der Waals surface area contributed by atoms with Crippen LogP contribution in [-0.4, -0.2) is 17.9 Å². The molecule has 2 heterocycles. The van der Waals surface area contributed by atoms with Crippen LogP contribution in [-0.2, 0) is 0 Å². The van der Waals surface area contributed by atoms with Crippen molar-refractivity contribution in [2.75, 3.05) is 4.90 Å². The first-order valence-corrected chi connectivity index (χ1v) is 10.7. The number of nitrogens with zero attached hydrogens (tertiary/aromatic N) is 3. The first-order chi connectivity index (χ1) is 15.6. The van der Waals surface area contributed by atoms with Crippen LogP contribution in [0.15, 0.2) is 84.9 Å². The van der Waals surface area contributed by atoms with Crippen molar-refractivity contribution in [3.8, 4) is 12.1 Å². The molecule has 0 radical (unpaired) electrons. The second-order valence-electron chi connectivity index (χ2n) is 8.07. The Morgan fingerprint density at radius 1 is 0.938 bits per heavy atom. The first kappa shape index (κ1) is 20.1. The first-order valence-electron chi connectivity index (χ1n) is 10.3. The van der Waals surface area contributed by atoms with Gasteiger partial charge < -0.3 is 4.90 Å². The summed E-state index contributed by atoms with van der Waals surface area (Å²) >= 11 is 6.30. The summed E-state index contributed by atoms with van der Waals surface area (Å²) in [5.74, 6) is -0.817. The molecular formula is C27H18ClN3O. The molecule has 154 valence electrons. The minimum atomic E-state index is -1.47. The Bertz CT molecular complexity index is 1300. The van der Waals surface area contributed by atoms with E-state index in [1.165, 1.54) is 0 Å². The van der Waals surface area contributed by atoms with Gasteiger partial charge in [0.2, 0.25) is 0 Å². The standard InChI is InChI=1S/C27H18ClN3O/c28-21-11-6-10-20(15-21)24-25(26(32)19-8-2-1-3-9-19)31-22-12-5-4-7-18(22)13-14-23(31)27(24,16-29)17-30/h1-15,23-25H/t23-,24-,25+/m0/s1. The van der Waals surface area contributed by atoms with E-state index in [4.69, 9.17) is 11.6 Å². The van der Waals surface area contributed by atoms with E-state index in [1.807, 2.05) is 65.6 Å². The molecule has 0 aromatic heterocycles. The highest BCUT2D eigenvalue weighted by Gasteiger charge is 2.63. The number of ketones is 1. The lowest BCUT2D eigenvalue weighted by molar-refractivity contribution is 0.0951. The molecule has 5 heteroatoms. The molecule has 32 heavy (non-hydrogen) atoms. The number of hydrogen-bond donors (Lipinski definition) is 0. The summed E-state index contributed by atoms with van der Waals surface area (Å²) in [6.45, 7) is 0. The summed E-state index contributed by atoms with van der Waals surface area (Å²) in [6.07, 6.45) is 3.81. The number of Topliss-reactive ketones (excluding diaryl/α,β-unsaturated/α-hetero) is 1. The van der Waals surface area contributed by atoms with E-state index >= 15 is 0 Å². The lowest BCUT2D eigenvalue weighted by Gasteiger charge is -2.35. The van der Waals surface area contributed by atoms with Crippen LogP contribution in [0.1, 0.15) is 27.4 Å². The van der Waals surface area contributed by atoms with Gasteiger partial charge in [0, 0.05) is 22.2 Å². The summed E-state index contributed by atoms with van der Waals surface area (Å²) in [4.78, 5) is 15.9. The molecule has 3 aromatic carbocycles. The fourth-order valence-electron chi connectivity index (χ4n) is 5.08. The molecule has 2 aliphatic heterocycles. The van der Waals surface area contributed by atoms with Gasteiger partial charge in [-0.3, -0.25) is 4.79 Å². The van der Waals surface area contributed by atoms with E-state index in [0.717, 1.165) is 11.3 Å². The van der Waals surface area contributed by atoms with Crippen molar-refractivity contribution >= 4 is 29.1 Å². The van der Waals surface area contributed by atoms with Crippen LogP contribution in [0.25, 0.3) is 6.08 Å². The van der Waals surface area contributed by atoms with Gasteiger partial charge in [-0.2, -0.15) is 10.5 Å². The average molecular weight is 436 g/mol. The van der Waals surface area contributed by atoms with E-state index in [2.05, 4.69) is 12.1 Å². The molecule has 3 aromatic rings. The number of hydrogen-bond acceptors (Lipinski definition) is 4. The van der Waals surface area contributed by atoms with Crippen molar-refractivity contribution < 1.29 is 4.79 Å². The normalized spacial score (nSPS) is 22.3. The number of nitriles is 2. The van der Waals surface area contributed by atoms with Gasteiger partial charge in [0.05, 0.1) is 18.2 Å². The second kappa shape index (κ2) is 7.68. The fourth-order valence-corrected chi connectivity index (χ4v) is 5.28. The molecule has 5 rings (SSSR count). The van der Waals surface area contributed by atoms with Crippen molar-refractivity contribution in [2.45, 2.75) is 18.0 Å². The molecule has 1 saturated heterocycles. The molecule has 0 unspecified atom stereocenters. The Labute approximate surface area is 191 Å². The largest absolute Gasteiger partial charge is 0.351 e. The smallest absolute Gasteiger partial charge is 0.185 e. The second-order valence-corrected chi connectivity index (χ2v) is 8.51. The molecular weight excluding hydrogens is 418 g/mol. The number of carbonyl (C=O) groups excluding carboxylic acids is 1. The summed E-state index contributed by atoms with van der Waals surface area (Å²) in [5.41, 5.74) is 1.57. The molecule has 0 bridgehead atoms. The van der Waals surface area contributed by atoms with E-state index in [1.54, 1.807) is 30.3 Å². The Balaban J connectivity index is 1.80. The van der Waals surface area contributed by atoms with Crippen LogP contribution in [0.5, 0.6) is 0 Å². The molecule has 1 fully saturated rings. The quantitative estimate of drug-likeness (QED) is 0.500. The number of carbonyl (C=O) groups is 1. The Hall–Kier alpha value is -3.86. The molecule has 0 saturated carbocycles. The summed E-state index contributed by atoms with van der Waals surface area (Å²) in [6, 6.07) is 27.3. The predicted molar refractivity (Wildman–Crippen MR) is 124 cm³/mol. The number of benzene rings is 3. The maximum Gasteiger partial charge on any atom is 0.185 e. The third-order valence-corrected chi connectivity index (χ3v) is 6.69. The SMILES string of the molecule is N#CC1(C#N)[C@@H]2C=Cc3ccccc3N2[C@@H](C(=O)c2ccccc2)[C@@H]1c1cccc(Cl)c1. The lowest BCUT2D eigenvalue weighted by Crippen LogP contribution is -2.44. The summed E-state index contributed by atoms with van der Waals surface area (Å²) in [5, 5.41) is 21.3. The van der Waals surface area contributed by atoms with Gasteiger partial charge >= 0.3 is 0 Å². The van der Waals surface area contributed by atoms with Crippen molar-refractivity contribution in [1.82, 2.24) is 0 Å². The van der Waals surface area contributed by atoms with Crippen LogP contribution in [0.2, 0.25) is 5.02 Å². The van der Waals surface area contributed by atoms with E-state index in [-0.39, 0.29) is 5.78 Å². The van der Waals surface area contributed by atoms with Gasteiger partial charge in [0.25, 0.3) is 0 Å². The van der Waals surface area contributed by atoms with E-state index < -0.39 is 23.4 Å². The topological polar surface area (TPSA) is 67.9 Å². The predicted octanol–water partition coefficient (Wildman–Crippen LogP) is 5.62. The highest BCUT2D eigenvalue weighted by molar-refractivity contribution is 6.30. The highest BCUT2D eigenvalue weighted by atomic mass is 35.5. The average Bonchev–Trinajstić information content (AvgIpc) is 3.15. The van der Waals surface area contributed by atoms with E-state index in [9.17, 15) is 15.3 Å². The van der Waals surface area contributed by atoms with Gasteiger partial charge in [-0.15, -0.1) is 0 Å². The zero-order valence-electron chi connectivity index (χ0n) is 17.0. The van der Waals surface area contributed by atoms with Crippen LogP contribution >= 0.6 is 11.6 Å². The molecule has 2 aliphatic rings. The monoisotopic (exact) mass is 435 g/mol. The van der Waals surface area contributed by atoms with Gasteiger partial charge in [0.15, 0.2) is 11.2 Å². The lowest BCUT2D eigenvalue weighted by atomic mass is 9.69. The number of para-hydroxylation sites is 1. The third-order valence-electron chi connectivity index (χ3n) is 6.45. The Morgan fingerprint density at radius 2 is 1.66 bits per heavy atom. The zero-order chi connectivity index (χ0) is 22.3. The van der Waals surface area contributed by atoms with Crippen molar-refractivity contribution in [3.63, 3.8) is 0 Å². The molecule has 0 amide bonds. The Kier molecular flexibility index (Phi) is 4.82. The van der Waals surface area contributed by atoms with Gasteiger partial charge in [0.1, 0.15) is 6.04 Å². The van der Waals surface area contributed by atoms with Crippen molar-refractivity contribution in [3.05, 3.63) is 107 Å². The van der Waals surface area contributed by atoms with Gasteiger partial charge in [-0.25, -0.2) is 0 Å². The maximum absolute atomic E-state index is 14.0. The molecule has 0 spiro atoms. The molecule has 0 N–H and O–H groups in total. The maximum atomic E-state index is 14.0. The van der Waals surface area contributed by atoms with Crippen LogP contribution in [0.3, 0.4) is 0 Å². The number of halogens is 1. The van der Waals surface area contributed by atoms with Gasteiger partial charge in [-0.1, -0.05) is 84.4 Å². The minimum Gasteiger partial charge on any atom is -0.351 e. The van der Waals surface area contributed by atoms with E-state index in [0.29, 0.717) is 16.1 Å². The highest BCUT2D eigenvalue weighted by Crippen LogP contribution is 2.55. The summed E-state index contributed by atoms with van der Waals surface area (Å²) in [7, 11) is 0. The third kappa shape index (κ3) is 2.85. The number of fused-ring (bicyclic) bond motifs is 3. The Morgan fingerprint density at radius 3 is 2.38 bits per heavy atom. The molecule has 4 nitrogen and oxygen atoms in total. The zero-order valence-corrected chi connectivity index (χ0v) is 17.8. The molecule has 3 atom stereocenters. The van der Waals surface area contributed by atoms with Crippen LogP contribution < -0.4 is 4.90 Å². The minimum absolute atomic E-state index is 0.127. The fraction of sp³-hybridized carbons (Fsp3) is 0.148. The number of rotatable bonds is 3.